The number of aromatic nitrogens is 2. The smallest absolute Gasteiger partial charge is 0.141 e. The van der Waals surface area contributed by atoms with Crippen molar-refractivity contribution in [3.05, 3.63) is 168 Å². The monoisotopic (exact) mass is 605 g/mol. The lowest BCUT2D eigenvalue weighted by Crippen LogP contribution is -2.31. The van der Waals surface area contributed by atoms with Crippen molar-refractivity contribution in [2.24, 2.45) is 0 Å². The fourth-order valence-corrected chi connectivity index (χ4v) is 6.62. The number of anilines is 3. The molecular formula is C43H31N3O. The van der Waals surface area contributed by atoms with Crippen LogP contribution in [-0.4, -0.2) is 15.1 Å². The van der Waals surface area contributed by atoms with Gasteiger partial charge in [-0.1, -0.05) is 117 Å². The highest BCUT2D eigenvalue weighted by molar-refractivity contribution is 5.93. The van der Waals surface area contributed by atoms with E-state index in [0.29, 0.717) is 5.52 Å². The molecule has 8 rings (SSSR count). The average Bonchev–Trinajstić information content (AvgIpc) is 3.12. The average molecular weight is 606 g/mol. The van der Waals surface area contributed by atoms with E-state index in [1.54, 1.807) is 6.07 Å². The molecule has 1 aliphatic heterocycles. The standard InChI is InChI=1S/C43H31N3O/c1-43(2)35-17-9-10-18-38(35)46(41-28-31(24-25-44-41)30-14-7-4-8-15-30)39-27-33(22-23-36(39)43)37-26-32(21-20-29-12-5-3-6-13-29)34-16-11-19-40(47)42(34)45-37/h3-19,22-28,47H,1-2H3. The molecule has 0 amide bonds. The van der Waals surface area contributed by atoms with Crippen molar-refractivity contribution in [3.8, 4) is 40.0 Å². The molecule has 0 aliphatic carbocycles. The van der Waals surface area contributed by atoms with E-state index in [-0.39, 0.29) is 11.2 Å². The summed E-state index contributed by atoms with van der Waals surface area (Å²) in [7, 11) is 0. The predicted molar refractivity (Wildman–Crippen MR) is 191 cm³/mol. The van der Waals surface area contributed by atoms with Gasteiger partial charge in [0.1, 0.15) is 17.1 Å². The van der Waals surface area contributed by atoms with Gasteiger partial charge in [-0.25, -0.2) is 9.97 Å². The number of rotatable bonds is 3. The van der Waals surface area contributed by atoms with Crippen LogP contribution in [0.4, 0.5) is 17.2 Å². The summed E-state index contributed by atoms with van der Waals surface area (Å²) in [5.74, 6) is 7.63. The SMILES string of the molecule is CC1(C)c2ccccc2N(c2cc(-c3ccccc3)ccn2)c2cc(-c3cc(C#Cc4ccccc4)c4cccc(O)c4n3)ccc21. The molecule has 5 aromatic carbocycles. The maximum absolute atomic E-state index is 10.9. The van der Waals surface area contributed by atoms with Crippen molar-refractivity contribution in [1.29, 1.82) is 0 Å². The molecule has 4 heteroatoms. The van der Waals surface area contributed by atoms with Crippen LogP contribution in [0.5, 0.6) is 5.75 Å². The van der Waals surface area contributed by atoms with Gasteiger partial charge in [0.05, 0.1) is 17.1 Å². The van der Waals surface area contributed by atoms with Gasteiger partial charge >= 0.3 is 0 Å². The Balaban J connectivity index is 1.33. The first kappa shape index (κ1) is 28.3. The number of nitrogens with zero attached hydrogens (tertiary/aromatic N) is 3. The van der Waals surface area contributed by atoms with Crippen LogP contribution in [0.25, 0.3) is 33.3 Å². The van der Waals surface area contributed by atoms with Gasteiger partial charge in [0, 0.05) is 33.7 Å². The van der Waals surface area contributed by atoms with E-state index in [1.165, 1.54) is 11.1 Å². The Kier molecular flexibility index (Phi) is 6.82. The van der Waals surface area contributed by atoms with E-state index in [1.807, 2.05) is 60.8 Å². The van der Waals surface area contributed by atoms with E-state index >= 15 is 0 Å². The minimum absolute atomic E-state index is 0.128. The molecule has 224 valence electrons. The highest BCUT2D eigenvalue weighted by Crippen LogP contribution is 2.52. The second-order valence-electron chi connectivity index (χ2n) is 12.3. The molecule has 4 nitrogen and oxygen atoms in total. The van der Waals surface area contributed by atoms with Gasteiger partial charge in [-0.2, -0.15) is 0 Å². The van der Waals surface area contributed by atoms with Gasteiger partial charge in [-0.3, -0.25) is 4.90 Å². The number of hydrogen-bond acceptors (Lipinski definition) is 4. The first-order chi connectivity index (χ1) is 23.0. The summed E-state index contributed by atoms with van der Waals surface area (Å²) in [6, 6.07) is 47.1. The van der Waals surface area contributed by atoms with Crippen molar-refractivity contribution in [2.45, 2.75) is 19.3 Å². The van der Waals surface area contributed by atoms with Crippen LogP contribution in [0.1, 0.15) is 36.1 Å². The summed E-state index contributed by atoms with van der Waals surface area (Å²) in [5.41, 5.74) is 10.5. The van der Waals surface area contributed by atoms with Crippen LogP contribution in [0.15, 0.2) is 146 Å². The molecule has 47 heavy (non-hydrogen) atoms. The molecule has 0 atom stereocenters. The Morgan fingerprint density at radius 2 is 1.36 bits per heavy atom. The highest BCUT2D eigenvalue weighted by Gasteiger charge is 2.37. The number of fused-ring (bicyclic) bond motifs is 3. The van der Waals surface area contributed by atoms with Crippen molar-refractivity contribution >= 4 is 28.1 Å². The molecule has 0 saturated carbocycles. The third-order valence-corrected chi connectivity index (χ3v) is 9.04. The Labute approximate surface area is 274 Å². The van der Waals surface area contributed by atoms with E-state index in [9.17, 15) is 5.11 Å². The lowest BCUT2D eigenvalue weighted by atomic mass is 9.73. The molecule has 0 saturated heterocycles. The van der Waals surface area contributed by atoms with Crippen LogP contribution < -0.4 is 4.90 Å². The molecular weight excluding hydrogens is 574 g/mol. The molecule has 3 heterocycles. The largest absolute Gasteiger partial charge is 0.506 e. The minimum Gasteiger partial charge on any atom is -0.506 e. The molecule has 0 unspecified atom stereocenters. The van der Waals surface area contributed by atoms with Gasteiger partial charge in [-0.15, -0.1) is 0 Å². The second-order valence-corrected chi connectivity index (χ2v) is 12.3. The Bertz CT molecular complexity index is 2350. The molecule has 2 aromatic heterocycles. The fourth-order valence-electron chi connectivity index (χ4n) is 6.62. The van der Waals surface area contributed by atoms with E-state index in [0.717, 1.165) is 56.1 Å². The Hall–Kier alpha value is -6.18. The van der Waals surface area contributed by atoms with E-state index in [2.05, 4.69) is 109 Å². The third-order valence-electron chi connectivity index (χ3n) is 9.04. The number of phenolic OH excluding ortho intramolecular Hbond substituents is 1. The molecule has 0 bridgehead atoms. The van der Waals surface area contributed by atoms with Crippen molar-refractivity contribution in [1.82, 2.24) is 9.97 Å². The predicted octanol–water partition coefficient (Wildman–Crippen LogP) is 10.2. The molecule has 1 N–H and O–H groups in total. The number of benzene rings is 5. The van der Waals surface area contributed by atoms with Crippen LogP contribution >= 0.6 is 0 Å². The number of aromatic hydroxyl groups is 1. The highest BCUT2D eigenvalue weighted by atomic mass is 16.3. The van der Waals surface area contributed by atoms with Crippen LogP contribution in [-0.2, 0) is 5.41 Å². The number of pyridine rings is 2. The zero-order valence-corrected chi connectivity index (χ0v) is 26.1. The number of hydrogen-bond donors (Lipinski definition) is 1. The fraction of sp³-hybridized carbons (Fsp3) is 0.0698. The van der Waals surface area contributed by atoms with Gasteiger partial charge in [-0.05, 0) is 70.8 Å². The summed E-state index contributed by atoms with van der Waals surface area (Å²) < 4.78 is 0. The number of phenols is 1. The first-order valence-electron chi connectivity index (χ1n) is 15.7. The Morgan fingerprint density at radius 1 is 0.617 bits per heavy atom. The van der Waals surface area contributed by atoms with Crippen LogP contribution in [0.2, 0.25) is 0 Å². The summed E-state index contributed by atoms with van der Waals surface area (Å²) in [6.07, 6.45) is 1.88. The normalized spacial score (nSPS) is 12.9. The Morgan fingerprint density at radius 3 is 2.19 bits per heavy atom. The van der Waals surface area contributed by atoms with E-state index in [4.69, 9.17) is 9.97 Å². The molecule has 1 aliphatic rings. The van der Waals surface area contributed by atoms with Gasteiger partial charge in [0.2, 0.25) is 0 Å². The molecule has 7 aromatic rings. The summed E-state index contributed by atoms with van der Waals surface area (Å²) in [5, 5.41) is 11.7. The molecule has 0 spiro atoms. The summed E-state index contributed by atoms with van der Waals surface area (Å²) >= 11 is 0. The van der Waals surface area contributed by atoms with Gasteiger partial charge in [0.15, 0.2) is 0 Å². The van der Waals surface area contributed by atoms with E-state index < -0.39 is 0 Å². The maximum Gasteiger partial charge on any atom is 0.141 e. The van der Waals surface area contributed by atoms with Crippen molar-refractivity contribution in [3.63, 3.8) is 0 Å². The maximum atomic E-state index is 10.9. The zero-order chi connectivity index (χ0) is 32.0. The summed E-state index contributed by atoms with van der Waals surface area (Å²) in [4.78, 5) is 12.2. The zero-order valence-electron chi connectivity index (χ0n) is 26.1. The van der Waals surface area contributed by atoms with Crippen LogP contribution in [0.3, 0.4) is 0 Å². The quantitative estimate of drug-likeness (QED) is 0.204. The van der Waals surface area contributed by atoms with Gasteiger partial charge < -0.3 is 5.11 Å². The minimum atomic E-state index is -0.251. The van der Waals surface area contributed by atoms with Crippen LogP contribution in [0, 0.1) is 11.8 Å². The third kappa shape index (κ3) is 4.99. The summed E-state index contributed by atoms with van der Waals surface area (Å²) in [6.45, 7) is 4.55. The topological polar surface area (TPSA) is 49.2 Å². The van der Waals surface area contributed by atoms with Crippen molar-refractivity contribution < 1.29 is 5.11 Å². The van der Waals surface area contributed by atoms with Gasteiger partial charge in [0.25, 0.3) is 0 Å². The lowest BCUT2D eigenvalue weighted by molar-refractivity contribution is 0.480. The molecule has 0 radical (unpaired) electrons. The second kappa shape index (κ2) is 11.3. The first-order valence-corrected chi connectivity index (χ1v) is 15.7. The number of para-hydroxylation sites is 2. The molecule has 0 fully saturated rings. The van der Waals surface area contributed by atoms with Crippen molar-refractivity contribution in [2.75, 3.05) is 4.90 Å². The lowest BCUT2D eigenvalue weighted by Gasteiger charge is -2.41.